The minimum Gasteiger partial charge on any atom is -0.497 e. The summed E-state index contributed by atoms with van der Waals surface area (Å²) in [6.45, 7) is 11.0. The van der Waals surface area contributed by atoms with Gasteiger partial charge in [-0.3, -0.25) is 14.4 Å². The lowest BCUT2D eigenvalue weighted by Gasteiger charge is -2.29. The second-order valence-electron chi connectivity index (χ2n) is 13.5. The van der Waals surface area contributed by atoms with Gasteiger partial charge in [0.05, 0.1) is 25.3 Å². The highest BCUT2D eigenvalue weighted by atomic mass is 16.6. The fourth-order valence-electron chi connectivity index (χ4n) is 5.24. The van der Waals surface area contributed by atoms with Crippen molar-refractivity contribution < 1.29 is 33.4 Å². The number of aryl methyl sites for hydroxylation is 2. The number of anilines is 1. The van der Waals surface area contributed by atoms with E-state index < -0.39 is 35.1 Å². The summed E-state index contributed by atoms with van der Waals surface area (Å²) in [6, 6.07) is 18.3. The summed E-state index contributed by atoms with van der Waals surface area (Å²) in [5.41, 5.74) is 0.511. The van der Waals surface area contributed by atoms with Crippen molar-refractivity contribution in [3.05, 3.63) is 84.2 Å². The predicted octanol–water partition coefficient (Wildman–Crippen LogP) is 6.37. The van der Waals surface area contributed by atoms with Gasteiger partial charge in [0, 0.05) is 18.9 Å². The van der Waals surface area contributed by atoms with Crippen LogP contribution in [0.4, 0.5) is 10.5 Å². The number of nitrogens with one attached hydrogen (secondary N) is 3. The first-order valence-corrected chi connectivity index (χ1v) is 16.8. The number of methoxy groups -OCH3 is 1. The Morgan fingerprint density at radius 3 is 2.20 bits per heavy atom. The highest BCUT2D eigenvalue weighted by Crippen LogP contribution is 2.26. The number of carbonyl (C=O) groups excluding carboxylic acids is 4. The van der Waals surface area contributed by atoms with Crippen molar-refractivity contribution in [2.24, 2.45) is 0 Å². The van der Waals surface area contributed by atoms with Crippen LogP contribution in [0.15, 0.2) is 73.1 Å². The molecule has 1 heterocycles. The number of nitrogens with zero attached hydrogens (tertiary/aromatic N) is 1. The van der Waals surface area contributed by atoms with Gasteiger partial charge < -0.3 is 34.7 Å². The molecule has 2 atom stereocenters. The number of aromatic nitrogens is 1. The molecule has 11 nitrogen and oxygen atoms in total. The summed E-state index contributed by atoms with van der Waals surface area (Å²) in [7, 11) is 1.60. The zero-order valence-corrected chi connectivity index (χ0v) is 29.8. The number of ether oxygens (including phenoxy) is 3. The third kappa shape index (κ3) is 13.0. The Kier molecular flexibility index (Phi) is 14.3. The van der Waals surface area contributed by atoms with Crippen molar-refractivity contribution >= 4 is 29.6 Å². The van der Waals surface area contributed by atoms with Crippen LogP contribution in [0.25, 0.3) is 0 Å². The Morgan fingerprint density at radius 2 is 1.57 bits per heavy atom. The molecule has 0 aliphatic carbocycles. The van der Waals surface area contributed by atoms with E-state index in [1.165, 1.54) is 0 Å². The first-order chi connectivity index (χ1) is 23.2. The molecule has 49 heavy (non-hydrogen) atoms. The van der Waals surface area contributed by atoms with Crippen LogP contribution in [-0.2, 0) is 36.8 Å². The van der Waals surface area contributed by atoms with Crippen molar-refractivity contribution in [3.8, 4) is 5.75 Å². The molecule has 3 N–H and O–H groups in total. The minimum absolute atomic E-state index is 0.266. The van der Waals surface area contributed by atoms with Crippen molar-refractivity contribution in [3.63, 3.8) is 0 Å². The van der Waals surface area contributed by atoms with Crippen LogP contribution < -0.4 is 20.7 Å². The van der Waals surface area contributed by atoms with Crippen LogP contribution in [0, 0.1) is 0 Å². The van der Waals surface area contributed by atoms with Crippen LogP contribution in [-0.4, -0.2) is 59.3 Å². The van der Waals surface area contributed by atoms with Gasteiger partial charge in [-0.1, -0.05) is 42.5 Å². The SMILES string of the molecule is CCOC(=O)C(CCCn1ccc(NC(=O)[C@@H](CCCc2ccccc2)NC(=O)C(C)(C)NC(=O)OC(C)(C)C)c1)c1ccc(OC)cc1. The molecule has 0 bridgehead atoms. The topological polar surface area (TPSA) is 137 Å². The van der Waals surface area contributed by atoms with E-state index in [4.69, 9.17) is 14.2 Å². The molecule has 0 aliphatic rings. The first kappa shape index (κ1) is 38.6. The van der Waals surface area contributed by atoms with Gasteiger partial charge in [0.25, 0.3) is 0 Å². The number of amides is 3. The summed E-state index contributed by atoms with van der Waals surface area (Å²) in [5.74, 6) is -0.835. The van der Waals surface area contributed by atoms with E-state index in [2.05, 4.69) is 16.0 Å². The molecule has 3 amide bonds. The second kappa shape index (κ2) is 18.1. The standard InChI is InChI=1S/C38H52N4O7/c1-8-48-34(44)31(28-19-21-30(47-7)22-20-28)17-13-24-42-25-23-29(26-42)39-33(43)32(18-12-16-27-14-10-9-11-15-27)40-35(45)38(5,6)41-36(46)49-37(2,3)4/h9-11,14-15,19-23,25-26,31-32H,8,12-13,16-18,24H2,1-7H3,(H,39,43)(H,40,45)(H,41,46)/t31?,32-/m1/s1. The highest BCUT2D eigenvalue weighted by molar-refractivity contribution is 5.99. The second-order valence-corrected chi connectivity index (χ2v) is 13.5. The third-order valence-corrected chi connectivity index (χ3v) is 7.82. The fraction of sp³-hybridized carbons (Fsp3) is 0.474. The maximum absolute atomic E-state index is 13.6. The Bertz CT molecular complexity index is 1510. The smallest absolute Gasteiger partial charge is 0.408 e. The average molecular weight is 677 g/mol. The maximum atomic E-state index is 13.6. The number of hydrogen-bond donors (Lipinski definition) is 3. The van der Waals surface area contributed by atoms with E-state index in [-0.39, 0.29) is 11.9 Å². The van der Waals surface area contributed by atoms with Crippen LogP contribution in [0.2, 0.25) is 0 Å². The maximum Gasteiger partial charge on any atom is 0.408 e. The number of carbonyl (C=O) groups is 4. The zero-order chi connectivity index (χ0) is 36.0. The van der Waals surface area contributed by atoms with Gasteiger partial charge in [-0.25, -0.2) is 4.79 Å². The molecular weight excluding hydrogens is 624 g/mol. The lowest BCUT2D eigenvalue weighted by atomic mass is 9.94. The van der Waals surface area contributed by atoms with E-state index in [9.17, 15) is 19.2 Å². The molecule has 1 aromatic heterocycles. The summed E-state index contributed by atoms with van der Waals surface area (Å²) >= 11 is 0. The Labute approximate surface area is 290 Å². The molecule has 3 aromatic rings. The van der Waals surface area contributed by atoms with Gasteiger partial charge in [-0.2, -0.15) is 0 Å². The lowest BCUT2D eigenvalue weighted by Crippen LogP contribution is -2.58. The minimum atomic E-state index is -1.34. The van der Waals surface area contributed by atoms with Gasteiger partial charge in [0.1, 0.15) is 22.9 Å². The number of benzene rings is 2. The molecule has 2 aromatic carbocycles. The zero-order valence-electron chi connectivity index (χ0n) is 29.8. The van der Waals surface area contributed by atoms with Crippen LogP contribution in [0.5, 0.6) is 5.75 Å². The van der Waals surface area contributed by atoms with Gasteiger partial charge >= 0.3 is 12.1 Å². The molecular formula is C38H52N4O7. The lowest BCUT2D eigenvalue weighted by molar-refractivity contribution is -0.145. The van der Waals surface area contributed by atoms with Gasteiger partial charge in [-0.15, -0.1) is 0 Å². The first-order valence-electron chi connectivity index (χ1n) is 16.8. The molecule has 1 unspecified atom stereocenters. The van der Waals surface area contributed by atoms with Crippen LogP contribution in [0.3, 0.4) is 0 Å². The fourth-order valence-corrected chi connectivity index (χ4v) is 5.24. The van der Waals surface area contributed by atoms with Gasteiger partial charge in [-0.05, 0) is 103 Å². The largest absolute Gasteiger partial charge is 0.497 e. The van der Waals surface area contributed by atoms with E-state index in [1.807, 2.05) is 71.6 Å². The van der Waals surface area contributed by atoms with E-state index >= 15 is 0 Å². The van der Waals surface area contributed by atoms with Crippen molar-refractivity contribution in [2.45, 2.75) is 103 Å². The number of hydrogen-bond acceptors (Lipinski definition) is 7. The predicted molar refractivity (Wildman–Crippen MR) is 189 cm³/mol. The average Bonchev–Trinajstić information content (AvgIpc) is 3.48. The molecule has 0 aliphatic heterocycles. The molecule has 11 heteroatoms. The molecule has 0 fully saturated rings. The molecule has 266 valence electrons. The van der Waals surface area contributed by atoms with Crippen molar-refractivity contribution in [2.75, 3.05) is 19.0 Å². The van der Waals surface area contributed by atoms with E-state index in [0.717, 1.165) is 17.5 Å². The molecule has 0 saturated carbocycles. The van der Waals surface area contributed by atoms with Crippen molar-refractivity contribution in [1.29, 1.82) is 0 Å². The summed E-state index contributed by atoms with van der Waals surface area (Å²) in [5, 5.41) is 8.39. The normalized spacial score (nSPS) is 12.7. The molecule has 0 saturated heterocycles. The summed E-state index contributed by atoms with van der Waals surface area (Å²) < 4.78 is 17.9. The van der Waals surface area contributed by atoms with Crippen LogP contribution >= 0.6 is 0 Å². The number of esters is 1. The Balaban J connectivity index is 1.64. The highest BCUT2D eigenvalue weighted by Gasteiger charge is 2.34. The van der Waals surface area contributed by atoms with E-state index in [0.29, 0.717) is 50.3 Å². The number of alkyl carbamates (subject to hydrolysis) is 1. The molecule has 0 spiro atoms. The van der Waals surface area contributed by atoms with Crippen LogP contribution in [0.1, 0.15) is 84.3 Å². The van der Waals surface area contributed by atoms with Gasteiger partial charge in [0.15, 0.2) is 0 Å². The summed E-state index contributed by atoms with van der Waals surface area (Å²) in [4.78, 5) is 52.1. The summed E-state index contributed by atoms with van der Waals surface area (Å²) in [6.07, 6.45) is 6.00. The quantitative estimate of drug-likeness (QED) is 0.141. The molecule has 0 radical (unpaired) electrons. The Hall–Kier alpha value is -4.80. The van der Waals surface area contributed by atoms with E-state index in [1.54, 1.807) is 54.7 Å². The number of rotatable bonds is 17. The third-order valence-electron chi connectivity index (χ3n) is 7.82. The Morgan fingerprint density at radius 1 is 0.878 bits per heavy atom. The van der Waals surface area contributed by atoms with Crippen molar-refractivity contribution in [1.82, 2.24) is 15.2 Å². The molecule has 3 rings (SSSR count). The monoisotopic (exact) mass is 676 g/mol. The van der Waals surface area contributed by atoms with Gasteiger partial charge in [0.2, 0.25) is 11.8 Å².